The van der Waals surface area contributed by atoms with Gasteiger partial charge in [0.15, 0.2) is 0 Å². The highest BCUT2D eigenvalue weighted by Gasteiger charge is 2.29. The van der Waals surface area contributed by atoms with E-state index in [1.54, 1.807) is 11.3 Å². The predicted molar refractivity (Wildman–Crippen MR) is 78.7 cm³/mol. The summed E-state index contributed by atoms with van der Waals surface area (Å²) in [4.78, 5) is 30.3. The zero-order chi connectivity index (χ0) is 15.0. The van der Waals surface area contributed by atoms with Crippen molar-refractivity contribution in [3.8, 4) is 0 Å². The van der Waals surface area contributed by atoms with Crippen molar-refractivity contribution in [1.82, 2.24) is 9.88 Å². The first-order valence-corrected chi connectivity index (χ1v) is 7.52. The van der Waals surface area contributed by atoms with Crippen LogP contribution in [0.5, 0.6) is 0 Å². The maximum Gasteiger partial charge on any atom is 0.354 e. The van der Waals surface area contributed by atoms with Gasteiger partial charge in [0.1, 0.15) is 5.69 Å². The third-order valence-corrected chi connectivity index (χ3v) is 4.76. The molecule has 5 nitrogen and oxygen atoms in total. The molecule has 0 aromatic carbocycles. The zero-order valence-corrected chi connectivity index (χ0v) is 12.3. The van der Waals surface area contributed by atoms with Crippen LogP contribution in [-0.4, -0.2) is 33.4 Å². The van der Waals surface area contributed by atoms with Crippen molar-refractivity contribution in [2.24, 2.45) is 0 Å². The Kier molecular flexibility index (Phi) is 3.47. The average Bonchev–Trinajstić information content (AvgIpc) is 2.96. The molecule has 0 spiro atoms. The molecule has 0 aliphatic carbocycles. The molecule has 3 heterocycles. The minimum atomic E-state index is -1.09. The number of carboxylic acid groups (broad SMARTS) is 1. The van der Waals surface area contributed by atoms with Gasteiger partial charge < -0.3 is 10.0 Å². The normalized spacial score (nSPS) is 17.4. The standard InChI is InChI=1S/C15H14N2O3S/c1-9-11-5-7-21-13(11)4-6-17(9)14(18)10-2-3-12(15(19)20)16-8-10/h2-3,5,7-9H,4,6H2,1H3,(H,19,20). The van der Waals surface area contributed by atoms with Gasteiger partial charge in [-0.05, 0) is 42.5 Å². The summed E-state index contributed by atoms with van der Waals surface area (Å²) in [5.41, 5.74) is 1.57. The summed E-state index contributed by atoms with van der Waals surface area (Å²) in [6.45, 7) is 2.69. The topological polar surface area (TPSA) is 70.5 Å². The Bertz CT molecular complexity index is 693. The minimum absolute atomic E-state index is 0.0339. The van der Waals surface area contributed by atoms with Gasteiger partial charge in [-0.1, -0.05) is 0 Å². The number of amides is 1. The molecule has 6 heteroatoms. The number of rotatable bonds is 2. The van der Waals surface area contributed by atoms with E-state index in [-0.39, 0.29) is 17.6 Å². The highest BCUT2D eigenvalue weighted by Crippen LogP contribution is 2.33. The van der Waals surface area contributed by atoms with E-state index in [0.29, 0.717) is 12.1 Å². The van der Waals surface area contributed by atoms with Gasteiger partial charge in [0.25, 0.3) is 5.91 Å². The van der Waals surface area contributed by atoms with Crippen molar-refractivity contribution in [1.29, 1.82) is 0 Å². The number of thiophene rings is 1. The number of pyridine rings is 1. The molecule has 0 radical (unpaired) electrons. The number of aromatic carboxylic acids is 1. The first-order valence-electron chi connectivity index (χ1n) is 6.64. The molecule has 2 aromatic rings. The molecule has 0 fully saturated rings. The Morgan fingerprint density at radius 3 is 2.86 bits per heavy atom. The molecular weight excluding hydrogens is 288 g/mol. The van der Waals surface area contributed by atoms with Crippen molar-refractivity contribution in [3.63, 3.8) is 0 Å². The third kappa shape index (κ3) is 2.42. The molecule has 1 N–H and O–H groups in total. The Balaban J connectivity index is 1.84. The van der Waals surface area contributed by atoms with E-state index < -0.39 is 5.97 Å². The van der Waals surface area contributed by atoms with Crippen LogP contribution >= 0.6 is 11.3 Å². The van der Waals surface area contributed by atoms with Crippen LogP contribution in [0.1, 0.15) is 44.3 Å². The summed E-state index contributed by atoms with van der Waals surface area (Å²) in [7, 11) is 0. The van der Waals surface area contributed by atoms with Gasteiger partial charge in [-0.2, -0.15) is 0 Å². The number of carbonyl (C=O) groups excluding carboxylic acids is 1. The predicted octanol–water partition coefficient (Wildman–Crippen LogP) is 2.60. The van der Waals surface area contributed by atoms with Crippen LogP contribution in [-0.2, 0) is 6.42 Å². The van der Waals surface area contributed by atoms with Crippen LogP contribution in [0.3, 0.4) is 0 Å². The number of carboxylic acids is 1. The Morgan fingerprint density at radius 2 is 2.19 bits per heavy atom. The lowest BCUT2D eigenvalue weighted by Crippen LogP contribution is -2.38. The molecule has 1 aliphatic rings. The number of hydrogen-bond acceptors (Lipinski definition) is 4. The summed E-state index contributed by atoms with van der Waals surface area (Å²) < 4.78 is 0. The Hall–Kier alpha value is -2.21. The summed E-state index contributed by atoms with van der Waals surface area (Å²) in [6, 6.07) is 4.98. The molecule has 21 heavy (non-hydrogen) atoms. The van der Waals surface area contributed by atoms with E-state index in [2.05, 4.69) is 16.4 Å². The number of nitrogens with zero attached hydrogens (tertiary/aromatic N) is 2. The van der Waals surface area contributed by atoms with Crippen molar-refractivity contribution in [2.45, 2.75) is 19.4 Å². The summed E-state index contributed by atoms with van der Waals surface area (Å²) in [6.07, 6.45) is 2.20. The van der Waals surface area contributed by atoms with Crippen LogP contribution in [0.25, 0.3) is 0 Å². The minimum Gasteiger partial charge on any atom is -0.477 e. The van der Waals surface area contributed by atoms with E-state index in [1.165, 1.54) is 28.8 Å². The molecule has 108 valence electrons. The van der Waals surface area contributed by atoms with Gasteiger partial charge in [-0.3, -0.25) is 4.79 Å². The Morgan fingerprint density at radius 1 is 1.38 bits per heavy atom. The van der Waals surface area contributed by atoms with Crippen LogP contribution in [0, 0.1) is 0 Å². The molecular formula is C15H14N2O3S. The fraction of sp³-hybridized carbons (Fsp3) is 0.267. The molecule has 3 rings (SSSR count). The second kappa shape index (κ2) is 5.29. The van der Waals surface area contributed by atoms with Crippen LogP contribution < -0.4 is 0 Å². The van der Waals surface area contributed by atoms with E-state index >= 15 is 0 Å². The van der Waals surface area contributed by atoms with E-state index in [1.807, 2.05) is 11.8 Å². The van der Waals surface area contributed by atoms with Crippen molar-refractivity contribution in [2.75, 3.05) is 6.54 Å². The second-order valence-electron chi connectivity index (χ2n) is 4.96. The fourth-order valence-electron chi connectivity index (χ4n) is 2.60. The zero-order valence-electron chi connectivity index (χ0n) is 11.4. The second-order valence-corrected chi connectivity index (χ2v) is 5.96. The largest absolute Gasteiger partial charge is 0.477 e. The van der Waals surface area contributed by atoms with Gasteiger partial charge >= 0.3 is 5.97 Å². The number of fused-ring (bicyclic) bond motifs is 1. The molecule has 1 atom stereocenters. The van der Waals surface area contributed by atoms with Crippen molar-refractivity contribution < 1.29 is 14.7 Å². The molecule has 0 saturated carbocycles. The summed E-state index contributed by atoms with van der Waals surface area (Å²) >= 11 is 1.73. The molecule has 2 aromatic heterocycles. The van der Waals surface area contributed by atoms with Crippen molar-refractivity contribution in [3.05, 3.63) is 51.5 Å². The first-order chi connectivity index (χ1) is 10.1. The highest BCUT2D eigenvalue weighted by molar-refractivity contribution is 7.10. The number of hydrogen-bond donors (Lipinski definition) is 1. The highest BCUT2D eigenvalue weighted by atomic mass is 32.1. The maximum atomic E-state index is 12.6. The van der Waals surface area contributed by atoms with Gasteiger partial charge in [-0.15, -0.1) is 11.3 Å². The Labute approximate surface area is 125 Å². The van der Waals surface area contributed by atoms with Gasteiger partial charge in [0, 0.05) is 17.6 Å². The molecule has 0 saturated heterocycles. The molecule has 1 unspecified atom stereocenters. The molecule has 1 aliphatic heterocycles. The maximum absolute atomic E-state index is 12.6. The van der Waals surface area contributed by atoms with E-state index in [9.17, 15) is 9.59 Å². The number of aromatic nitrogens is 1. The van der Waals surface area contributed by atoms with Gasteiger partial charge in [-0.25, -0.2) is 9.78 Å². The van der Waals surface area contributed by atoms with Crippen molar-refractivity contribution >= 4 is 23.2 Å². The van der Waals surface area contributed by atoms with E-state index in [4.69, 9.17) is 5.11 Å². The van der Waals surface area contributed by atoms with E-state index in [0.717, 1.165) is 6.42 Å². The summed E-state index contributed by atoms with van der Waals surface area (Å²) in [5.74, 6) is -1.20. The summed E-state index contributed by atoms with van der Waals surface area (Å²) in [5, 5.41) is 10.9. The fourth-order valence-corrected chi connectivity index (χ4v) is 3.56. The lowest BCUT2D eigenvalue weighted by Gasteiger charge is -2.33. The lowest BCUT2D eigenvalue weighted by atomic mass is 10.0. The average molecular weight is 302 g/mol. The van der Waals surface area contributed by atoms with Crippen LogP contribution in [0.15, 0.2) is 29.8 Å². The van der Waals surface area contributed by atoms with Crippen LogP contribution in [0.4, 0.5) is 0 Å². The first kappa shape index (κ1) is 13.8. The lowest BCUT2D eigenvalue weighted by molar-refractivity contribution is 0.0668. The molecule has 1 amide bonds. The van der Waals surface area contributed by atoms with Gasteiger partial charge in [0.2, 0.25) is 0 Å². The monoisotopic (exact) mass is 302 g/mol. The molecule has 0 bridgehead atoms. The third-order valence-electron chi connectivity index (χ3n) is 3.77. The number of carbonyl (C=O) groups is 2. The van der Waals surface area contributed by atoms with Gasteiger partial charge in [0.05, 0.1) is 11.6 Å². The smallest absolute Gasteiger partial charge is 0.354 e. The van der Waals surface area contributed by atoms with Crippen LogP contribution in [0.2, 0.25) is 0 Å². The quantitative estimate of drug-likeness (QED) is 0.925. The SMILES string of the molecule is CC1c2ccsc2CCN1C(=O)c1ccc(C(=O)O)nc1.